The number of aryl methyl sites for hydroxylation is 1. The van der Waals surface area contributed by atoms with Crippen LogP contribution in [0.1, 0.15) is 23.3 Å². The Balaban J connectivity index is 2.12. The van der Waals surface area contributed by atoms with Gasteiger partial charge in [0.1, 0.15) is 6.04 Å². The fourth-order valence-electron chi connectivity index (χ4n) is 2.48. The Bertz CT molecular complexity index is 857. The Hall–Kier alpha value is -2.96. The molecular formula is C15H15N5O2. The highest BCUT2D eigenvalue weighted by atomic mass is 16.3. The number of nitrogens with zero attached hydrogens (tertiary/aromatic N) is 4. The molecular weight excluding hydrogens is 282 g/mol. The average Bonchev–Trinajstić information content (AvgIpc) is 2.83. The van der Waals surface area contributed by atoms with E-state index < -0.39 is 11.9 Å². The van der Waals surface area contributed by atoms with Crippen LogP contribution < -0.4 is 15.4 Å². The largest absolute Gasteiger partial charge is 0.856 e. The number of nitrogens with two attached hydrogens (primary N) is 1. The van der Waals surface area contributed by atoms with Crippen LogP contribution in [0.5, 0.6) is 5.88 Å². The van der Waals surface area contributed by atoms with Gasteiger partial charge in [-0.05, 0) is 6.92 Å². The zero-order chi connectivity index (χ0) is 15.9. The summed E-state index contributed by atoms with van der Waals surface area (Å²) in [4.78, 5) is 20.3. The molecule has 0 aliphatic carbocycles. The number of fused-ring (bicyclic) bond motifs is 1. The fraction of sp³-hybridized carbons (Fsp3) is 0.200. The molecule has 0 saturated carbocycles. The number of rotatable bonds is 3. The molecule has 7 heteroatoms. The first-order valence-corrected chi connectivity index (χ1v) is 6.79. The van der Waals surface area contributed by atoms with Crippen molar-refractivity contribution in [2.24, 2.45) is 7.05 Å². The van der Waals surface area contributed by atoms with Crippen molar-refractivity contribution in [3.63, 3.8) is 0 Å². The van der Waals surface area contributed by atoms with Gasteiger partial charge in [0.2, 0.25) is 0 Å². The third-order valence-corrected chi connectivity index (χ3v) is 3.60. The van der Waals surface area contributed by atoms with Crippen LogP contribution in [0.3, 0.4) is 0 Å². The molecule has 0 radical (unpaired) electrons. The second kappa shape index (κ2) is 5.10. The van der Waals surface area contributed by atoms with Crippen LogP contribution in [0.25, 0.3) is 11.2 Å². The molecule has 7 nitrogen and oxygen atoms in total. The van der Waals surface area contributed by atoms with Crippen molar-refractivity contribution in [2.45, 2.75) is 13.0 Å². The van der Waals surface area contributed by atoms with E-state index in [9.17, 15) is 9.90 Å². The van der Waals surface area contributed by atoms with Crippen molar-refractivity contribution < 1.29 is 14.5 Å². The van der Waals surface area contributed by atoms with Gasteiger partial charge in [0.15, 0.2) is 17.6 Å². The Morgan fingerprint density at radius 3 is 2.68 bits per heavy atom. The van der Waals surface area contributed by atoms with Gasteiger partial charge in [-0.2, -0.15) is 0 Å². The summed E-state index contributed by atoms with van der Waals surface area (Å²) in [5, 5.41) is 11.9. The molecule has 0 aliphatic rings. The van der Waals surface area contributed by atoms with Gasteiger partial charge < -0.3 is 10.8 Å². The molecule has 0 aliphatic heterocycles. The summed E-state index contributed by atoms with van der Waals surface area (Å²) in [7, 11) is 1.71. The third kappa shape index (κ3) is 2.16. The van der Waals surface area contributed by atoms with Crippen molar-refractivity contribution in [1.82, 2.24) is 14.5 Å². The van der Waals surface area contributed by atoms with E-state index in [4.69, 9.17) is 5.73 Å². The predicted octanol–water partition coefficient (Wildman–Crippen LogP) is 0.355. The molecule has 1 unspecified atom stereocenters. The van der Waals surface area contributed by atoms with E-state index in [-0.39, 0.29) is 11.7 Å². The predicted molar refractivity (Wildman–Crippen MR) is 78.0 cm³/mol. The normalized spacial score (nSPS) is 12.5. The second-order valence-corrected chi connectivity index (χ2v) is 5.10. The van der Waals surface area contributed by atoms with Gasteiger partial charge in [0.25, 0.3) is 5.95 Å². The number of hydrogen-bond acceptors (Lipinski definition) is 5. The average molecular weight is 297 g/mol. The van der Waals surface area contributed by atoms with Gasteiger partial charge in [0.05, 0.1) is 7.05 Å². The lowest BCUT2D eigenvalue weighted by Crippen LogP contribution is -2.42. The quantitative estimate of drug-likeness (QED) is 0.555. The number of nitrogen functional groups attached to an aromatic ring is 1. The van der Waals surface area contributed by atoms with Crippen molar-refractivity contribution in [3.05, 3.63) is 42.2 Å². The highest BCUT2D eigenvalue weighted by molar-refractivity contribution is 5.97. The number of benzene rings is 1. The number of anilines is 1. The maximum Gasteiger partial charge on any atom is 0.307 e. The standard InChI is InChI=1S/C15H15N5O2/c1-9(12(21)10-6-4-3-5-7-10)20-8-19(2)11-13(20)17-15(16)18-14(11)22/h3-9H,1-2H3,(H2-,16,17,18,22). The number of hydrogen-bond donors (Lipinski definition) is 1. The van der Waals surface area contributed by atoms with E-state index in [0.29, 0.717) is 16.7 Å². The molecule has 0 bridgehead atoms. The fourth-order valence-corrected chi connectivity index (χ4v) is 2.48. The zero-order valence-electron chi connectivity index (χ0n) is 12.2. The van der Waals surface area contributed by atoms with E-state index in [1.807, 2.05) is 18.2 Å². The molecule has 112 valence electrons. The van der Waals surface area contributed by atoms with Crippen molar-refractivity contribution in [1.29, 1.82) is 0 Å². The highest BCUT2D eigenvalue weighted by Gasteiger charge is 2.26. The van der Waals surface area contributed by atoms with Gasteiger partial charge in [-0.3, -0.25) is 9.36 Å². The second-order valence-electron chi connectivity index (χ2n) is 5.10. The minimum Gasteiger partial charge on any atom is -0.856 e. The summed E-state index contributed by atoms with van der Waals surface area (Å²) >= 11 is 0. The van der Waals surface area contributed by atoms with Crippen LogP contribution in [0.4, 0.5) is 5.95 Å². The summed E-state index contributed by atoms with van der Waals surface area (Å²) in [6.45, 7) is 1.76. The van der Waals surface area contributed by atoms with Crippen LogP contribution in [0, 0.1) is 0 Å². The maximum atomic E-state index is 12.6. The topological polar surface area (TPSA) is 101 Å². The Kier molecular flexibility index (Phi) is 3.25. The van der Waals surface area contributed by atoms with Crippen molar-refractivity contribution in [2.75, 3.05) is 5.73 Å². The summed E-state index contributed by atoms with van der Waals surface area (Å²) in [5.41, 5.74) is 6.84. The van der Waals surface area contributed by atoms with E-state index in [2.05, 4.69) is 9.97 Å². The summed E-state index contributed by atoms with van der Waals surface area (Å²) in [5.74, 6) is -0.623. The number of aromatic nitrogens is 4. The lowest BCUT2D eigenvalue weighted by Gasteiger charge is -2.09. The van der Waals surface area contributed by atoms with Crippen LogP contribution >= 0.6 is 0 Å². The molecule has 0 fully saturated rings. The summed E-state index contributed by atoms with van der Waals surface area (Å²) in [6.07, 6.45) is 1.66. The molecule has 1 aromatic carbocycles. The molecule has 3 rings (SSSR count). The third-order valence-electron chi connectivity index (χ3n) is 3.60. The van der Waals surface area contributed by atoms with Gasteiger partial charge >= 0.3 is 5.65 Å². The SMILES string of the molecule is CC(C(=O)c1ccccc1)[n+]1cn(C)c2c([O-])nc(N)nc21. The molecule has 1 atom stereocenters. The van der Waals surface area contributed by atoms with Gasteiger partial charge in [0, 0.05) is 11.4 Å². The first-order valence-electron chi connectivity index (χ1n) is 6.79. The number of carbonyl (C=O) groups is 1. The smallest absolute Gasteiger partial charge is 0.307 e. The van der Waals surface area contributed by atoms with Crippen LogP contribution in [-0.4, -0.2) is 20.3 Å². The first-order chi connectivity index (χ1) is 10.5. The van der Waals surface area contributed by atoms with Crippen LogP contribution in [0.2, 0.25) is 0 Å². The van der Waals surface area contributed by atoms with E-state index >= 15 is 0 Å². The molecule has 22 heavy (non-hydrogen) atoms. The number of ketones is 1. The highest BCUT2D eigenvalue weighted by Crippen LogP contribution is 2.19. The minimum absolute atomic E-state index is 0.0669. The number of carbonyl (C=O) groups excluding carboxylic acids is 1. The minimum atomic E-state index is -0.514. The van der Waals surface area contributed by atoms with Gasteiger partial charge in [-0.15, -0.1) is 0 Å². The van der Waals surface area contributed by atoms with Gasteiger partial charge in [-0.1, -0.05) is 35.3 Å². The summed E-state index contributed by atoms with van der Waals surface area (Å²) < 4.78 is 3.25. The van der Waals surface area contributed by atoms with Gasteiger partial charge in [-0.25, -0.2) is 9.55 Å². The Morgan fingerprint density at radius 2 is 2.00 bits per heavy atom. The molecule has 0 saturated heterocycles. The Labute approximate surface area is 126 Å². The van der Waals surface area contributed by atoms with Crippen molar-refractivity contribution >= 4 is 22.9 Å². The molecule has 2 aromatic heterocycles. The van der Waals surface area contributed by atoms with Crippen LogP contribution in [0.15, 0.2) is 36.7 Å². The number of Topliss-reactive ketones (excluding diaryl/α,β-unsaturated/α-hetero) is 1. The van der Waals surface area contributed by atoms with E-state index in [0.717, 1.165) is 0 Å². The van der Waals surface area contributed by atoms with Crippen LogP contribution in [-0.2, 0) is 7.05 Å². The maximum absolute atomic E-state index is 12.6. The summed E-state index contributed by atoms with van der Waals surface area (Å²) in [6, 6.07) is 8.47. The number of imidazole rings is 1. The molecule has 3 aromatic rings. The molecule has 2 heterocycles. The first kappa shape index (κ1) is 14.0. The zero-order valence-corrected chi connectivity index (χ0v) is 12.2. The molecule has 0 spiro atoms. The monoisotopic (exact) mass is 297 g/mol. The Morgan fingerprint density at radius 1 is 1.32 bits per heavy atom. The lowest BCUT2D eigenvalue weighted by atomic mass is 10.1. The van der Waals surface area contributed by atoms with E-state index in [1.165, 1.54) is 0 Å². The molecule has 0 amide bonds. The van der Waals surface area contributed by atoms with E-state index in [1.54, 1.807) is 41.6 Å². The lowest BCUT2D eigenvalue weighted by molar-refractivity contribution is -0.681. The molecule has 2 N–H and O–H groups in total. The van der Waals surface area contributed by atoms with Crippen molar-refractivity contribution in [3.8, 4) is 5.88 Å².